The number of likely N-dealkylation sites (tertiary alicyclic amines) is 1. The average Bonchev–Trinajstić information content (AvgIpc) is 2.82. The van der Waals surface area contributed by atoms with Crippen molar-refractivity contribution in [1.82, 2.24) is 10.2 Å². The third-order valence-corrected chi connectivity index (χ3v) is 3.21. The Balaban J connectivity index is 2.46. The molecule has 0 aromatic rings. The van der Waals surface area contributed by atoms with E-state index in [1.54, 1.807) is 25.7 Å². The highest BCUT2D eigenvalue weighted by Gasteiger charge is 2.33. The van der Waals surface area contributed by atoms with Crippen molar-refractivity contribution in [2.45, 2.75) is 45.3 Å². The molecule has 1 atom stereocenters. The lowest BCUT2D eigenvalue weighted by Gasteiger charge is -2.26. The van der Waals surface area contributed by atoms with Crippen molar-refractivity contribution in [3.8, 4) is 0 Å². The average molecular weight is 302 g/mol. The molecule has 0 saturated carbocycles. The van der Waals surface area contributed by atoms with E-state index < -0.39 is 11.7 Å². The van der Waals surface area contributed by atoms with Gasteiger partial charge in [0.05, 0.1) is 18.6 Å². The van der Waals surface area contributed by atoms with Gasteiger partial charge in [-0.25, -0.2) is 9.59 Å². The summed E-state index contributed by atoms with van der Waals surface area (Å²) in [5.41, 5.74) is -0.548. The lowest BCUT2D eigenvalue weighted by Crippen LogP contribution is -2.45. The van der Waals surface area contributed by atoms with E-state index in [9.17, 15) is 9.59 Å². The predicted molar refractivity (Wildman–Crippen MR) is 78.6 cm³/mol. The molecule has 0 aliphatic carbocycles. The zero-order valence-electron chi connectivity index (χ0n) is 12.4. The Morgan fingerprint density at radius 2 is 2.05 bits per heavy atom. The van der Waals surface area contributed by atoms with Crippen molar-refractivity contribution in [1.29, 1.82) is 0 Å². The molecule has 1 saturated heterocycles. The van der Waals surface area contributed by atoms with Gasteiger partial charge in [0.1, 0.15) is 11.6 Å². The Morgan fingerprint density at radius 1 is 1.40 bits per heavy atom. The molecule has 1 amide bonds. The summed E-state index contributed by atoms with van der Waals surface area (Å²) in [6, 6.07) is -0.340. The normalized spacial score (nSPS) is 18.6. The van der Waals surface area contributed by atoms with Gasteiger partial charge in [-0.05, 0) is 33.6 Å². The molecule has 6 nitrogen and oxygen atoms in total. The second kappa shape index (κ2) is 6.88. The van der Waals surface area contributed by atoms with E-state index in [2.05, 4.69) is 5.32 Å². The highest BCUT2D eigenvalue weighted by molar-refractivity contribution is 7.80. The first-order valence-corrected chi connectivity index (χ1v) is 6.99. The van der Waals surface area contributed by atoms with Gasteiger partial charge in [0.15, 0.2) is 0 Å². The summed E-state index contributed by atoms with van der Waals surface area (Å²) < 4.78 is 9.88. The van der Waals surface area contributed by atoms with Crippen LogP contribution in [0, 0.1) is 0 Å². The minimum absolute atomic E-state index is 0.178. The molecular weight excluding hydrogens is 280 g/mol. The quantitative estimate of drug-likeness (QED) is 0.629. The van der Waals surface area contributed by atoms with Crippen molar-refractivity contribution in [3.05, 3.63) is 0 Å². The number of ether oxygens (including phenoxy) is 2. The van der Waals surface area contributed by atoms with Gasteiger partial charge in [-0.3, -0.25) is 0 Å². The number of carbonyl (C=O) groups is 2. The molecule has 0 bridgehead atoms. The van der Waals surface area contributed by atoms with Crippen LogP contribution < -0.4 is 5.32 Å². The third-order valence-electron chi connectivity index (χ3n) is 2.83. The minimum Gasteiger partial charge on any atom is -0.467 e. The van der Waals surface area contributed by atoms with Crippen LogP contribution in [0.25, 0.3) is 0 Å². The van der Waals surface area contributed by atoms with Gasteiger partial charge < -0.3 is 19.7 Å². The van der Waals surface area contributed by atoms with Crippen LogP contribution in [0.1, 0.15) is 33.6 Å². The zero-order chi connectivity index (χ0) is 15.3. The SMILES string of the molecule is COC(=O)C1CCCN1C(=S)CNC(=O)OC(C)(C)C. The van der Waals surface area contributed by atoms with Gasteiger partial charge in [-0.1, -0.05) is 12.2 Å². The molecule has 0 aromatic carbocycles. The number of thiocarbonyl (C=S) groups is 1. The van der Waals surface area contributed by atoms with Crippen LogP contribution in [0.15, 0.2) is 0 Å². The number of rotatable bonds is 3. The van der Waals surface area contributed by atoms with Gasteiger partial charge in [0.25, 0.3) is 0 Å². The smallest absolute Gasteiger partial charge is 0.408 e. The Morgan fingerprint density at radius 3 is 2.60 bits per heavy atom. The summed E-state index contributed by atoms with van der Waals surface area (Å²) in [5, 5.41) is 2.60. The number of hydrogen-bond donors (Lipinski definition) is 1. The maximum atomic E-state index is 11.6. The highest BCUT2D eigenvalue weighted by Crippen LogP contribution is 2.19. The van der Waals surface area contributed by atoms with E-state index in [4.69, 9.17) is 21.7 Å². The van der Waals surface area contributed by atoms with Gasteiger partial charge in [0, 0.05) is 6.54 Å². The summed E-state index contributed by atoms with van der Waals surface area (Å²) in [7, 11) is 1.36. The Bertz CT molecular complexity index is 392. The number of carbonyl (C=O) groups excluding carboxylic acids is 2. The first-order valence-electron chi connectivity index (χ1n) is 6.59. The molecule has 20 heavy (non-hydrogen) atoms. The lowest BCUT2D eigenvalue weighted by molar-refractivity contribution is -0.144. The topological polar surface area (TPSA) is 67.9 Å². The summed E-state index contributed by atoms with van der Waals surface area (Å²) >= 11 is 5.27. The van der Waals surface area contributed by atoms with Gasteiger partial charge in [0.2, 0.25) is 0 Å². The number of amides is 1. The lowest BCUT2D eigenvalue weighted by atomic mass is 10.2. The molecule has 114 valence electrons. The molecule has 7 heteroatoms. The summed E-state index contributed by atoms with van der Waals surface area (Å²) in [5.74, 6) is -0.290. The van der Waals surface area contributed by atoms with Crippen LogP contribution in [0.3, 0.4) is 0 Å². The molecular formula is C13H22N2O4S. The molecule has 1 rings (SSSR count). The van der Waals surface area contributed by atoms with Gasteiger partial charge in [-0.15, -0.1) is 0 Å². The molecule has 1 unspecified atom stereocenters. The van der Waals surface area contributed by atoms with E-state index in [-0.39, 0.29) is 18.6 Å². The summed E-state index contributed by atoms with van der Waals surface area (Å²) in [4.78, 5) is 25.5. The van der Waals surface area contributed by atoms with Crippen molar-refractivity contribution < 1.29 is 19.1 Å². The maximum Gasteiger partial charge on any atom is 0.408 e. The molecule has 0 spiro atoms. The Hall–Kier alpha value is -1.37. The summed E-state index contributed by atoms with van der Waals surface area (Å²) in [6.45, 7) is 6.25. The number of methoxy groups -OCH3 is 1. The molecule has 1 aliphatic rings. The van der Waals surface area contributed by atoms with E-state index in [1.807, 2.05) is 0 Å². The van der Waals surface area contributed by atoms with Crippen molar-refractivity contribution in [2.24, 2.45) is 0 Å². The Kier molecular flexibility index (Phi) is 5.74. The standard InChI is InChI=1S/C13H22N2O4S/c1-13(2,3)19-12(17)14-8-10(20)15-7-5-6-9(15)11(16)18-4/h9H,5-8H2,1-4H3,(H,14,17). The minimum atomic E-state index is -0.548. The van der Waals surface area contributed by atoms with Crippen LogP contribution in [0.4, 0.5) is 4.79 Å². The van der Waals surface area contributed by atoms with E-state index in [1.165, 1.54) is 7.11 Å². The first kappa shape index (κ1) is 16.7. The first-order chi connectivity index (χ1) is 9.24. The highest BCUT2D eigenvalue weighted by atomic mass is 32.1. The van der Waals surface area contributed by atoms with Crippen LogP contribution in [0.5, 0.6) is 0 Å². The van der Waals surface area contributed by atoms with Crippen molar-refractivity contribution >= 4 is 29.3 Å². The maximum absolute atomic E-state index is 11.6. The molecule has 1 fully saturated rings. The zero-order valence-corrected chi connectivity index (χ0v) is 13.2. The van der Waals surface area contributed by atoms with E-state index in [0.29, 0.717) is 11.5 Å². The largest absolute Gasteiger partial charge is 0.467 e. The fraction of sp³-hybridized carbons (Fsp3) is 0.769. The monoisotopic (exact) mass is 302 g/mol. The van der Waals surface area contributed by atoms with Crippen LogP contribution in [0.2, 0.25) is 0 Å². The van der Waals surface area contributed by atoms with Crippen LogP contribution in [-0.4, -0.2) is 53.8 Å². The molecule has 0 radical (unpaired) electrons. The van der Waals surface area contributed by atoms with Gasteiger partial charge in [-0.2, -0.15) is 0 Å². The molecule has 1 N–H and O–H groups in total. The molecule has 1 heterocycles. The molecule has 1 aliphatic heterocycles. The van der Waals surface area contributed by atoms with Crippen LogP contribution in [-0.2, 0) is 14.3 Å². The second-order valence-electron chi connectivity index (χ2n) is 5.62. The fourth-order valence-electron chi connectivity index (χ4n) is 2.01. The Labute approximate surface area is 124 Å². The fourth-order valence-corrected chi connectivity index (χ4v) is 2.30. The number of hydrogen-bond acceptors (Lipinski definition) is 5. The van der Waals surface area contributed by atoms with Crippen LogP contribution >= 0.6 is 12.2 Å². The van der Waals surface area contributed by atoms with E-state index >= 15 is 0 Å². The predicted octanol–water partition coefficient (Wildman–Crippen LogP) is 1.48. The summed E-state index contributed by atoms with van der Waals surface area (Å²) in [6.07, 6.45) is 1.08. The number of alkyl carbamates (subject to hydrolysis) is 1. The molecule has 0 aromatic heterocycles. The van der Waals surface area contributed by atoms with Crippen molar-refractivity contribution in [2.75, 3.05) is 20.2 Å². The number of nitrogens with zero attached hydrogens (tertiary/aromatic N) is 1. The number of esters is 1. The van der Waals surface area contributed by atoms with E-state index in [0.717, 1.165) is 12.8 Å². The van der Waals surface area contributed by atoms with Gasteiger partial charge >= 0.3 is 12.1 Å². The second-order valence-corrected chi connectivity index (χ2v) is 6.10. The van der Waals surface area contributed by atoms with Crippen molar-refractivity contribution in [3.63, 3.8) is 0 Å². The number of nitrogens with one attached hydrogen (secondary N) is 1. The third kappa shape index (κ3) is 4.96.